The van der Waals surface area contributed by atoms with Gasteiger partial charge in [0.25, 0.3) is 5.69 Å². The minimum atomic E-state index is -0.469. The van der Waals surface area contributed by atoms with Crippen molar-refractivity contribution in [3.05, 3.63) is 40.7 Å². The van der Waals surface area contributed by atoms with E-state index in [0.717, 1.165) is 12.8 Å². The van der Waals surface area contributed by atoms with Crippen molar-refractivity contribution in [2.24, 2.45) is 0 Å². The van der Waals surface area contributed by atoms with Gasteiger partial charge in [0.05, 0.1) is 4.92 Å². The van der Waals surface area contributed by atoms with Gasteiger partial charge in [-0.2, -0.15) is 5.10 Å². The second-order valence-corrected chi connectivity index (χ2v) is 4.91. The van der Waals surface area contributed by atoms with Crippen LogP contribution in [0.5, 0.6) is 0 Å². The number of aromatic nitrogens is 3. The average molecular weight is 287 g/mol. The van der Waals surface area contributed by atoms with Crippen LogP contribution in [0.1, 0.15) is 12.8 Å². The first-order chi connectivity index (χ1) is 10.1. The van der Waals surface area contributed by atoms with Gasteiger partial charge in [-0.25, -0.2) is 9.67 Å². The highest BCUT2D eigenvalue weighted by Crippen LogP contribution is 2.20. The molecule has 1 aromatic carbocycles. The molecule has 0 radical (unpaired) electrons. The van der Waals surface area contributed by atoms with E-state index >= 15 is 0 Å². The molecule has 1 heterocycles. The van der Waals surface area contributed by atoms with Crippen LogP contribution in [0.15, 0.2) is 30.6 Å². The van der Waals surface area contributed by atoms with Crippen LogP contribution in [-0.2, 0) is 11.3 Å². The van der Waals surface area contributed by atoms with Gasteiger partial charge in [-0.05, 0) is 12.8 Å². The van der Waals surface area contributed by atoms with E-state index in [9.17, 15) is 14.9 Å². The minimum absolute atomic E-state index is 0.0182. The van der Waals surface area contributed by atoms with Crippen molar-refractivity contribution in [2.75, 3.05) is 0 Å². The predicted molar refractivity (Wildman–Crippen MR) is 73.3 cm³/mol. The number of rotatable bonds is 5. The molecule has 8 nitrogen and oxygen atoms in total. The van der Waals surface area contributed by atoms with Gasteiger partial charge in [0.15, 0.2) is 5.82 Å². The Morgan fingerprint density at radius 3 is 3.00 bits per heavy atom. The normalized spacial score (nSPS) is 13.9. The zero-order chi connectivity index (χ0) is 14.8. The van der Waals surface area contributed by atoms with Crippen molar-refractivity contribution < 1.29 is 9.72 Å². The zero-order valence-corrected chi connectivity index (χ0v) is 11.1. The third-order valence-electron chi connectivity index (χ3n) is 3.10. The molecule has 2 aromatic rings. The Kier molecular flexibility index (Phi) is 3.35. The van der Waals surface area contributed by atoms with Crippen molar-refractivity contribution >= 4 is 11.6 Å². The fraction of sp³-hybridized carbons (Fsp3) is 0.308. The average Bonchev–Trinajstić information content (AvgIpc) is 3.14. The highest BCUT2D eigenvalue weighted by atomic mass is 16.6. The van der Waals surface area contributed by atoms with E-state index in [1.54, 1.807) is 12.1 Å². The maximum Gasteiger partial charge on any atom is 0.270 e. The molecule has 1 fully saturated rings. The zero-order valence-electron chi connectivity index (χ0n) is 11.1. The summed E-state index contributed by atoms with van der Waals surface area (Å²) in [6.45, 7) is 0.0957. The van der Waals surface area contributed by atoms with E-state index in [1.807, 2.05) is 0 Å². The lowest BCUT2D eigenvalue weighted by Crippen LogP contribution is -2.29. The number of carbonyl (C=O) groups is 1. The number of hydrogen-bond acceptors (Lipinski definition) is 5. The predicted octanol–water partition coefficient (Wildman–Crippen LogP) is 1.13. The monoisotopic (exact) mass is 287 g/mol. The lowest BCUT2D eigenvalue weighted by molar-refractivity contribution is -0.384. The van der Waals surface area contributed by atoms with Gasteiger partial charge in [-0.3, -0.25) is 14.9 Å². The van der Waals surface area contributed by atoms with Crippen molar-refractivity contribution in [2.45, 2.75) is 25.4 Å². The molecule has 0 aliphatic heterocycles. The highest BCUT2D eigenvalue weighted by Gasteiger charge is 2.23. The Morgan fingerprint density at radius 2 is 2.29 bits per heavy atom. The van der Waals surface area contributed by atoms with E-state index in [4.69, 9.17) is 0 Å². The smallest absolute Gasteiger partial charge is 0.270 e. The summed E-state index contributed by atoms with van der Waals surface area (Å²) in [4.78, 5) is 26.0. The summed E-state index contributed by atoms with van der Waals surface area (Å²) in [7, 11) is 0. The summed E-state index contributed by atoms with van der Waals surface area (Å²) in [6.07, 6.45) is 3.50. The van der Waals surface area contributed by atoms with Crippen LogP contribution in [0.4, 0.5) is 5.69 Å². The number of hydrogen-bond donors (Lipinski definition) is 1. The quantitative estimate of drug-likeness (QED) is 0.656. The largest absolute Gasteiger partial charge is 0.352 e. The number of nitrogens with one attached hydrogen (secondary N) is 1. The second-order valence-electron chi connectivity index (χ2n) is 4.91. The molecular formula is C13H13N5O3. The van der Waals surface area contributed by atoms with Crippen LogP contribution in [0.2, 0.25) is 0 Å². The summed E-state index contributed by atoms with van der Waals surface area (Å²) in [5.74, 6) is 0.255. The van der Waals surface area contributed by atoms with Crippen molar-refractivity contribution in [1.82, 2.24) is 20.1 Å². The van der Waals surface area contributed by atoms with Crippen LogP contribution in [0.3, 0.4) is 0 Å². The molecule has 0 bridgehead atoms. The number of non-ortho nitro benzene ring substituents is 1. The molecule has 1 N–H and O–H groups in total. The molecular weight excluding hydrogens is 274 g/mol. The van der Waals surface area contributed by atoms with Crippen LogP contribution in [0, 0.1) is 10.1 Å². The fourth-order valence-corrected chi connectivity index (χ4v) is 1.91. The SMILES string of the molecule is O=C(Cn1cnc(-c2cccc([N+](=O)[O-])c2)n1)NC1CC1. The molecule has 21 heavy (non-hydrogen) atoms. The third-order valence-corrected chi connectivity index (χ3v) is 3.10. The first-order valence-electron chi connectivity index (χ1n) is 6.55. The summed E-state index contributed by atoms with van der Waals surface area (Å²) >= 11 is 0. The highest BCUT2D eigenvalue weighted by molar-refractivity contribution is 5.76. The van der Waals surface area contributed by atoms with Gasteiger partial charge in [0.2, 0.25) is 5.91 Å². The summed E-state index contributed by atoms with van der Waals surface area (Å²) in [5, 5.41) is 17.8. The van der Waals surface area contributed by atoms with Crippen molar-refractivity contribution in [1.29, 1.82) is 0 Å². The van der Waals surface area contributed by atoms with Gasteiger partial charge >= 0.3 is 0 Å². The Bertz CT molecular complexity index is 693. The second kappa shape index (κ2) is 5.31. The molecule has 1 aliphatic rings. The van der Waals surface area contributed by atoms with E-state index in [-0.39, 0.29) is 18.1 Å². The van der Waals surface area contributed by atoms with Gasteiger partial charge in [-0.15, -0.1) is 0 Å². The number of carbonyl (C=O) groups excluding carboxylic acids is 1. The van der Waals surface area contributed by atoms with Gasteiger partial charge in [0, 0.05) is 23.7 Å². The minimum Gasteiger partial charge on any atom is -0.352 e. The van der Waals surface area contributed by atoms with Crippen LogP contribution >= 0.6 is 0 Å². The van der Waals surface area contributed by atoms with Crippen LogP contribution in [0.25, 0.3) is 11.4 Å². The molecule has 3 rings (SSSR count). The maximum absolute atomic E-state index is 11.7. The summed E-state index contributed by atoms with van der Waals surface area (Å²) in [5.41, 5.74) is 0.529. The Balaban J connectivity index is 1.73. The first-order valence-corrected chi connectivity index (χ1v) is 6.55. The number of nitro groups is 1. The van der Waals surface area contributed by atoms with E-state index < -0.39 is 4.92 Å². The van der Waals surface area contributed by atoms with E-state index in [1.165, 1.54) is 23.1 Å². The lowest BCUT2D eigenvalue weighted by atomic mass is 10.2. The number of benzene rings is 1. The fourth-order valence-electron chi connectivity index (χ4n) is 1.91. The number of nitrogens with zero attached hydrogens (tertiary/aromatic N) is 4. The Labute approximate surface area is 119 Å². The van der Waals surface area contributed by atoms with Crippen LogP contribution in [-0.4, -0.2) is 31.6 Å². The van der Waals surface area contributed by atoms with Crippen molar-refractivity contribution in [3.63, 3.8) is 0 Å². The molecule has 1 amide bonds. The molecule has 0 unspecified atom stereocenters. The maximum atomic E-state index is 11.7. The topological polar surface area (TPSA) is 103 Å². The standard InChI is InChI=1S/C13H13N5O3/c19-12(15-10-4-5-10)7-17-8-14-13(16-17)9-2-1-3-11(6-9)18(20)21/h1-3,6,8,10H,4-5,7H2,(H,15,19). The molecule has 1 aromatic heterocycles. The number of nitro benzene ring substituents is 1. The molecule has 0 atom stereocenters. The summed E-state index contributed by atoms with van der Waals surface area (Å²) in [6, 6.07) is 6.38. The Morgan fingerprint density at radius 1 is 1.48 bits per heavy atom. The first kappa shape index (κ1) is 13.2. The van der Waals surface area contributed by atoms with Gasteiger partial charge in [0.1, 0.15) is 12.9 Å². The lowest BCUT2D eigenvalue weighted by Gasteiger charge is -2.02. The van der Waals surface area contributed by atoms with E-state index in [2.05, 4.69) is 15.4 Å². The molecule has 108 valence electrons. The van der Waals surface area contributed by atoms with Crippen molar-refractivity contribution in [3.8, 4) is 11.4 Å². The summed E-state index contributed by atoms with van der Waals surface area (Å²) < 4.78 is 1.42. The molecule has 1 saturated carbocycles. The molecule has 0 saturated heterocycles. The molecule has 0 spiro atoms. The van der Waals surface area contributed by atoms with Gasteiger partial charge < -0.3 is 5.32 Å². The molecule has 8 heteroatoms. The van der Waals surface area contributed by atoms with Crippen LogP contribution < -0.4 is 5.32 Å². The van der Waals surface area contributed by atoms with E-state index in [0.29, 0.717) is 17.4 Å². The number of amides is 1. The van der Waals surface area contributed by atoms with Gasteiger partial charge in [-0.1, -0.05) is 12.1 Å². The molecule has 1 aliphatic carbocycles. The Hall–Kier alpha value is -2.77. The third kappa shape index (κ3) is 3.22.